The second-order valence-electron chi connectivity index (χ2n) is 8.76. The molecular weight excluding hydrogens is 426 g/mol. The summed E-state index contributed by atoms with van der Waals surface area (Å²) >= 11 is 0. The highest BCUT2D eigenvalue weighted by Crippen LogP contribution is 2.26. The monoisotopic (exact) mass is 453 g/mol. The molecule has 1 aliphatic rings. The van der Waals surface area contributed by atoms with Crippen molar-refractivity contribution in [3.05, 3.63) is 78.4 Å². The molecule has 0 aliphatic heterocycles. The number of hydrogen-bond acceptors (Lipinski definition) is 4. The van der Waals surface area contributed by atoms with Crippen LogP contribution in [0.2, 0.25) is 0 Å². The summed E-state index contributed by atoms with van der Waals surface area (Å²) in [6.45, 7) is 0. The minimum absolute atomic E-state index is 0.0216. The highest BCUT2D eigenvalue weighted by molar-refractivity contribution is 6.04. The van der Waals surface area contributed by atoms with E-state index in [0.29, 0.717) is 17.1 Å². The standard InChI is InChI=1S/C27H27N5O2/c28-22-9-5-4-8-21(22)27(34)30-20-14-15-23-24(16-20)32-25(31-23)17-10-12-18(13-11-17)26(33)29-19-6-2-1-3-7-19/h1-3,6-7,10-16,21-22H,4-5,8-9,28H2,(H,29,33)(H,30,34)(H,31,32). The van der Waals surface area contributed by atoms with Crippen LogP contribution in [0.3, 0.4) is 0 Å². The van der Waals surface area contributed by atoms with E-state index >= 15 is 0 Å². The largest absolute Gasteiger partial charge is 0.338 e. The van der Waals surface area contributed by atoms with Crippen LogP contribution in [0.25, 0.3) is 22.4 Å². The molecule has 0 bridgehead atoms. The Kier molecular flexibility index (Phi) is 6.10. The Bertz CT molecular complexity index is 1310. The number of nitrogens with two attached hydrogens (primary N) is 1. The summed E-state index contributed by atoms with van der Waals surface area (Å²) in [5, 5.41) is 5.89. The van der Waals surface area contributed by atoms with Crippen molar-refractivity contribution in [2.45, 2.75) is 31.7 Å². The minimum Gasteiger partial charge on any atom is -0.338 e. The molecule has 34 heavy (non-hydrogen) atoms. The molecule has 2 amide bonds. The lowest BCUT2D eigenvalue weighted by Gasteiger charge is -2.27. The number of nitrogens with zero attached hydrogens (tertiary/aromatic N) is 1. The molecule has 2 atom stereocenters. The molecule has 1 saturated carbocycles. The van der Waals surface area contributed by atoms with Gasteiger partial charge in [0.2, 0.25) is 5.91 Å². The number of fused-ring (bicyclic) bond motifs is 1. The van der Waals surface area contributed by atoms with Crippen LogP contribution in [0.1, 0.15) is 36.0 Å². The van der Waals surface area contributed by atoms with E-state index in [1.807, 2.05) is 60.7 Å². The lowest BCUT2D eigenvalue weighted by atomic mass is 9.84. The van der Waals surface area contributed by atoms with Gasteiger partial charge in [-0.3, -0.25) is 9.59 Å². The van der Waals surface area contributed by atoms with Gasteiger partial charge in [0.15, 0.2) is 0 Å². The SMILES string of the molecule is NC1CCCCC1C(=O)Nc1ccc2[nH]c(-c3ccc(C(=O)Nc4ccccc4)cc3)nc2c1. The number of carbonyl (C=O) groups is 2. The fourth-order valence-electron chi connectivity index (χ4n) is 4.44. The van der Waals surface area contributed by atoms with E-state index in [1.54, 1.807) is 12.1 Å². The maximum Gasteiger partial charge on any atom is 0.255 e. The molecule has 7 heteroatoms. The molecule has 0 spiro atoms. The zero-order chi connectivity index (χ0) is 23.5. The molecule has 0 radical (unpaired) electrons. The normalized spacial score (nSPS) is 17.9. The van der Waals surface area contributed by atoms with Crippen molar-refractivity contribution in [1.29, 1.82) is 0 Å². The minimum atomic E-state index is -0.166. The first-order valence-corrected chi connectivity index (χ1v) is 11.6. The topological polar surface area (TPSA) is 113 Å². The number of carbonyl (C=O) groups excluding carboxylic acids is 2. The summed E-state index contributed by atoms with van der Waals surface area (Å²) in [4.78, 5) is 33.2. The average Bonchev–Trinajstić information content (AvgIpc) is 3.28. The molecule has 1 aromatic heterocycles. The number of amides is 2. The Labute approximate surface area is 197 Å². The number of nitrogens with one attached hydrogen (secondary N) is 3. The number of anilines is 2. The molecule has 1 aliphatic carbocycles. The van der Waals surface area contributed by atoms with Crippen molar-refractivity contribution in [3.63, 3.8) is 0 Å². The van der Waals surface area contributed by atoms with E-state index in [4.69, 9.17) is 5.73 Å². The molecule has 4 aromatic rings. The Morgan fingerprint density at radius 1 is 0.882 bits per heavy atom. The van der Waals surface area contributed by atoms with Crippen LogP contribution in [-0.4, -0.2) is 27.8 Å². The smallest absolute Gasteiger partial charge is 0.255 e. The van der Waals surface area contributed by atoms with Gasteiger partial charge in [0, 0.05) is 28.5 Å². The van der Waals surface area contributed by atoms with Crippen molar-refractivity contribution in [1.82, 2.24) is 9.97 Å². The lowest BCUT2D eigenvalue weighted by Crippen LogP contribution is -2.40. The number of para-hydroxylation sites is 1. The number of rotatable bonds is 5. The lowest BCUT2D eigenvalue weighted by molar-refractivity contribution is -0.121. The van der Waals surface area contributed by atoms with Crippen LogP contribution in [-0.2, 0) is 4.79 Å². The molecule has 3 aromatic carbocycles. The van der Waals surface area contributed by atoms with Gasteiger partial charge in [-0.15, -0.1) is 0 Å². The van der Waals surface area contributed by atoms with Gasteiger partial charge in [0.25, 0.3) is 5.91 Å². The number of aromatic amines is 1. The third-order valence-corrected chi connectivity index (χ3v) is 6.36. The second kappa shape index (κ2) is 9.49. The van der Waals surface area contributed by atoms with Gasteiger partial charge in [0.1, 0.15) is 5.82 Å². The van der Waals surface area contributed by atoms with E-state index in [9.17, 15) is 9.59 Å². The van der Waals surface area contributed by atoms with Crippen LogP contribution < -0.4 is 16.4 Å². The summed E-state index contributed by atoms with van der Waals surface area (Å²) in [5.41, 5.74) is 10.7. The molecular formula is C27H27N5O2. The third-order valence-electron chi connectivity index (χ3n) is 6.36. The average molecular weight is 454 g/mol. The number of aromatic nitrogens is 2. The van der Waals surface area contributed by atoms with E-state index in [-0.39, 0.29) is 23.8 Å². The number of imidazole rings is 1. The van der Waals surface area contributed by atoms with E-state index in [2.05, 4.69) is 20.6 Å². The fourth-order valence-corrected chi connectivity index (χ4v) is 4.44. The maximum absolute atomic E-state index is 12.7. The molecule has 5 rings (SSSR count). The predicted molar refractivity (Wildman–Crippen MR) is 134 cm³/mol. The van der Waals surface area contributed by atoms with Crippen LogP contribution in [0.4, 0.5) is 11.4 Å². The molecule has 2 unspecified atom stereocenters. The van der Waals surface area contributed by atoms with E-state index in [0.717, 1.165) is 48.0 Å². The first-order valence-electron chi connectivity index (χ1n) is 11.6. The summed E-state index contributed by atoms with van der Waals surface area (Å²) < 4.78 is 0. The van der Waals surface area contributed by atoms with Gasteiger partial charge in [-0.1, -0.05) is 43.2 Å². The van der Waals surface area contributed by atoms with Crippen molar-refractivity contribution in [3.8, 4) is 11.4 Å². The van der Waals surface area contributed by atoms with Gasteiger partial charge < -0.3 is 21.4 Å². The highest BCUT2D eigenvalue weighted by atomic mass is 16.2. The summed E-state index contributed by atoms with van der Waals surface area (Å²) in [5.74, 6) is 0.367. The Morgan fingerprint density at radius 3 is 2.41 bits per heavy atom. The van der Waals surface area contributed by atoms with Gasteiger partial charge in [-0.2, -0.15) is 0 Å². The van der Waals surface area contributed by atoms with Crippen LogP contribution in [0.15, 0.2) is 72.8 Å². The van der Waals surface area contributed by atoms with Gasteiger partial charge in [-0.05, 0) is 55.3 Å². The highest BCUT2D eigenvalue weighted by Gasteiger charge is 2.28. The maximum atomic E-state index is 12.7. The number of hydrogen-bond donors (Lipinski definition) is 4. The van der Waals surface area contributed by atoms with Crippen molar-refractivity contribution in [2.24, 2.45) is 11.7 Å². The molecule has 1 heterocycles. The van der Waals surface area contributed by atoms with Gasteiger partial charge in [-0.25, -0.2) is 4.98 Å². The molecule has 7 nitrogen and oxygen atoms in total. The first kappa shape index (κ1) is 21.9. The van der Waals surface area contributed by atoms with E-state index < -0.39 is 0 Å². The quantitative estimate of drug-likeness (QED) is 0.343. The molecule has 5 N–H and O–H groups in total. The molecule has 172 valence electrons. The number of H-pyrrole nitrogens is 1. The Morgan fingerprint density at radius 2 is 1.65 bits per heavy atom. The molecule has 0 saturated heterocycles. The van der Waals surface area contributed by atoms with Gasteiger partial charge in [0.05, 0.1) is 17.0 Å². The van der Waals surface area contributed by atoms with Crippen LogP contribution in [0, 0.1) is 5.92 Å². The third kappa shape index (κ3) is 4.70. The molecule has 1 fully saturated rings. The summed E-state index contributed by atoms with van der Waals surface area (Å²) in [7, 11) is 0. The second-order valence-corrected chi connectivity index (χ2v) is 8.76. The first-order chi connectivity index (χ1) is 16.6. The van der Waals surface area contributed by atoms with Crippen molar-refractivity contribution in [2.75, 3.05) is 10.6 Å². The zero-order valence-electron chi connectivity index (χ0n) is 18.8. The van der Waals surface area contributed by atoms with Crippen LogP contribution in [0.5, 0.6) is 0 Å². The number of benzene rings is 3. The van der Waals surface area contributed by atoms with Crippen molar-refractivity contribution < 1.29 is 9.59 Å². The van der Waals surface area contributed by atoms with Crippen LogP contribution >= 0.6 is 0 Å². The predicted octanol–water partition coefficient (Wildman–Crippen LogP) is 4.94. The summed E-state index contributed by atoms with van der Waals surface area (Å²) in [6, 6.07) is 22.2. The zero-order valence-corrected chi connectivity index (χ0v) is 18.8. The Balaban J connectivity index is 1.29. The fraction of sp³-hybridized carbons (Fsp3) is 0.222. The van der Waals surface area contributed by atoms with Gasteiger partial charge >= 0.3 is 0 Å². The van der Waals surface area contributed by atoms with E-state index in [1.165, 1.54) is 0 Å². The Hall–Kier alpha value is -3.97. The summed E-state index contributed by atoms with van der Waals surface area (Å²) in [6.07, 6.45) is 3.86. The van der Waals surface area contributed by atoms with Crippen molar-refractivity contribution >= 4 is 34.2 Å².